The molecule has 0 radical (unpaired) electrons. The smallest absolute Gasteiger partial charge is 0.127 e. The Morgan fingerprint density at radius 3 is 2.81 bits per heavy atom. The summed E-state index contributed by atoms with van der Waals surface area (Å²) in [5.41, 5.74) is 3.90. The molecule has 0 amide bonds. The molecule has 1 aliphatic rings. The van der Waals surface area contributed by atoms with Gasteiger partial charge in [-0.05, 0) is 29.7 Å². The van der Waals surface area contributed by atoms with Gasteiger partial charge in [0, 0.05) is 29.0 Å². The van der Waals surface area contributed by atoms with Crippen LogP contribution in [0.4, 0.5) is 0 Å². The van der Waals surface area contributed by atoms with Crippen LogP contribution in [0.5, 0.6) is 5.75 Å². The summed E-state index contributed by atoms with van der Waals surface area (Å²) in [5.74, 6) is 1.08. The number of benzene rings is 2. The molecule has 2 aromatic carbocycles. The lowest BCUT2D eigenvalue weighted by molar-refractivity contribution is 0.351. The zero-order valence-electron chi connectivity index (χ0n) is 12.2. The predicted molar refractivity (Wildman–Crippen MR) is 89.7 cm³/mol. The Kier molecular flexibility index (Phi) is 4.61. The largest absolute Gasteiger partial charge is 0.493 e. The van der Waals surface area contributed by atoms with E-state index in [1.807, 2.05) is 0 Å². The summed E-state index contributed by atoms with van der Waals surface area (Å²) in [6, 6.07) is 15.3. The SMILES string of the molecule is CCC(NCc1cc(Br)cc2c1OCC2)c1ccccc1. The second kappa shape index (κ2) is 6.63. The van der Waals surface area contributed by atoms with Crippen LogP contribution < -0.4 is 10.1 Å². The average molecular weight is 346 g/mol. The Morgan fingerprint density at radius 1 is 1.24 bits per heavy atom. The molecule has 0 aromatic heterocycles. The van der Waals surface area contributed by atoms with Crippen LogP contribution in [0.1, 0.15) is 36.1 Å². The number of fused-ring (bicyclic) bond motifs is 1. The third kappa shape index (κ3) is 3.30. The van der Waals surface area contributed by atoms with Crippen molar-refractivity contribution in [3.8, 4) is 5.75 Å². The molecule has 0 spiro atoms. The van der Waals surface area contributed by atoms with Crippen LogP contribution in [-0.4, -0.2) is 6.61 Å². The van der Waals surface area contributed by atoms with Crippen LogP contribution in [0.2, 0.25) is 0 Å². The van der Waals surface area contributed by atoms with Crippen molar-refractivity contribution in [2.24, 2.45) is 0 Å². The van der Waals surface area contributed by atoms with E-state index >= 15 is 0 Å². The Morgan fingerprint density at radius 2 is 2.05 bits per heavy atom. The summed E-state index contributed by atoms with van der Waals surface area (Å²) >= 11 is 3.60. The van der Waals surface area contributed by atoms with Gasteiger partial charge in [0.05, 0.1) is 6.61 Å². The van der Waals surface area contributed by atoms with Gasteiger partial charge in [-0.15, -0.1) is 0 Å². The van der Waals surface area contributed by atoms with Crippen molar-refractivity contribution in [3.05, 3.63) is 63.6 Å². The van der Waals surface area contributed by atoms with Crippen LogP contribution in [0.15, 0.2) is 46.9 Å². The first kappa shape index (κ1) is 14.6. The van der Waals surface area contributed by atoms with Gasteiger partial charge in [0.15, 0.2) is 0 Å². The Balaban J connectivity index is 1.75. The van der Waals surface area contributed by atoms with Crippen molar-refractivity contribution in [3.63, 3.8) is 0 Å². The lowest BCUT2D eigenvalue weighted by Gasteiger charge is -2.18. The number of hydrogen-bond donors (Lipinski definition) is 1. The van der Waals surface area contributed by atoms with E-state index in [1.54, 1.807) is 0 Å². The molecular formula is C18H20BrNO. The molecule has 110 valence electrons. The molecule has 0 bridgehead atoms. The molecule has 2 aromatic rings. The van der Waals surface area contributed by atoms with E-state index in [1.165, 1.54) is 16.7 Å². The molecule has 21 heavy (non-hydrogen) atoms. The van der Waals surface area contributed by atoms with Crippen molar-refractivity contribution in [2.75, 3.05) is 6.61 Å². The summed E-state index contributed by atoms with van der Waals surface area (Å²) in [6.07, 6.45) is 2.08. The van der Waals surface area contributed by atoms with E-state index in [0.717, 1.165) is 36.2 Å². The zero-order chi connectivity index (χ0) is 14.7. The molecule has 1 heterocycles. The van der Waals surface area contributed by atoms with Crippen LogP contribution >= 0.6 is 15.9 Å². The van der Waals surface area contributed by atoms with Gasteiger partial charge in [-0.25, -0.2) is 0 Å². The summed E-state index contributed by atoms with van der Waals surface area (Å²) in [4.78, 5) is 0. The molecule has 0 saturated heterocycles. The number of rotatable bonds is 5. The highest BCUT2D eigenvalue weighted by molar-refractivity contribution is 9.10. The maximum Gasteiger partial charge on any atom is 0.127 e. The minimum absolute atomic E-state index is 0.377. The molecule has 0 aliphatic carbocycles. The van der Waals surface area contributed by atoms with Gasteiger partial charge in [-0.2, -0.15) is 0 Å². The maximum absolute atomic E-state index is 5.80. The lowest BCUT2D eigenvalue weighted by Crippen LogP contribution is -2.20. The van der Waals surface area contributed by atoms with E-state index < -0.39 is 0 Å². The fraction of sp³-hybridized carbons (Fsp3) is 0.333. The Labute approximate surface area is 134 Å². The van der Waals surface area contributed by atoms with Gasteiger partial charge >= 0.3 is 0 Å². The van der Waals surface area contributed by atoms with E-state index in [-0.39, 0.29) is 0 Å². The second-order valence-corrected chi connectivity index (χ2v) is 6.32. The lowest BCUT2D eigenvalue weighted by atomic mass is 10.0. The summed E-state index contributed by atoms with van der Waals surface area (Å²) in [6.45, 7) is 3.84. The zero-order valence-corrected chi connectivity index (χ0v) is 13.8. The fourth-order valence-corrected chi connectivity index (χ4v) is 3.45. The van der Waals surface area contributed by atoms with E-state index in [0.29, 0.717) is 6.04 Å². The van der Waals surface area contributed by atoms with Gasteiger partial charge in [0.2, 0.25) is 0 Å². The molecule has 0 saturated carbocycles. The average Bonchev–Trinajstić information content (AvgIpc) is 2.97. The first-order chi connectivity index (χ1) is 10.3. The monoisotopic (exact) mass is 345 g/mol. The van der Waals surface area contributed by atoms with Crippen LogP contribution in [0, 0.1) is 0 Å². The molecule has 0 fully saturated rings. The molecule has 3 rings (SSSR count). The van der Waals surface area contributed by atoms with E-state index in [4.69, 9.17) is 4.74 Å². The molecule has 1 atom stereocenters. The minimum atomic E-state index is 0.377. The maximum atomic E-state index is 5.80. The van der Waals surface area contributed by atoms with Gasteiger partial charge in [0.25, 0.3) is 0 Å². The van der Waals surface area contributed by atoms with E-state index in [9.17, 15) is 0 Å². The number of hydrogen-bond acceptors (Lipinski definition) is 2. The molecule has 1 aliphatic heterocycles. The summed E-state index contributed by atoms with van der Waals surface area (Å²) in [5, 5.41) is 3.66. The minimum Gasteiger partial charge on any atom is -0.493 e. The van der Waals surface area contributed by atoms with Crippen LogP contribution in [0.25, 0.3) is 0 Å². The second-order valence-electron chi connectivity index (χ2n) is 5.40. The fourth-order valence-electron chi connectivity index (χ4n) is 2.89. The first-order valence-corrected chi connectivity index (χ1v) is 8.29. The van der Waals surface area contributed by atoms with Crippen molar-refractivity contribution in [1.82, 2.24) is 5.32 Å². The highest BCUT2D eigenvalue weighted by Gasteiger charge is 2.18. The van der Waals surface area contributed by atoms with Gasteiger partial charge in [-0.1, -0.05) is 53.2 Å². The molecule has 3 heteroatoms. The quantitative estimate of drug-likeness (QED) is 0.853. The highest BCUT2D eigenvalue weighted by atomic mass is 79.9. The van der Waals surface area contributed by atoms with Crippen molar-refractivity contribution in [2.45, 2.75) is 32.4 Å². The van der Waals surface area contributed by atoms with Crippen LogP contribution in [0.3, 0.4) is 0 Å². The van der Waals surface area contributed by atoms with E-state index in [2.05, 4.69) is 70.6 Å². The number of ether oxygens (including phenoxy) is 1. The third-order valence-electron chi connectivity index (χ3n) is 3.97. The molecule has 1 unspecified atom stereocenters. The summed E-state index contributed by atoms with van der Waals surface area (Å²) < 4.78 is 6.93. The summed E-state index contributed by atoms with van der Waals surface area (Å²) in [7, 11) is 0. The van der Waals surface area contributed by atoms with Crippen molar-refractivity contribution >= 4 is 15.9 Å². The molecule has 1 N–H and O–H groups in total. The highest BCUT2D eigenvalue weighted by Crippen LogP contribution is 2.33. The number of halogens is 1. The molecular weight excluding hydrogens is 326 g/mol. The van der Waals surface area contributed by atoms with Gasteiger partial charge in [0.1, 0.15) is 5.75 Å². The van der Waals surface area contributed by atoms with Crippen LogP contribution in [-0.2, 0) is 13.0 Å². The topological polar surface area (TPSA) is 21.3 Å². The van der Waals surface area contributed by atoms with Crippen molar-refractivity contribution < 1.29 is 4.74 Å². The normalized spacial score (nSPS) is 14.6. The Bertz CT molecular complexity index is 612. The van der Waals surface area contributed by atoms with Gasteiger partial charge in [-0.3, -0.25) is 0 Å². The predicted octanol–water partition coefficient (Wildman–Crippen LogP) is 4.62. The third-order valence-corrected chi connectivity index (χ3v) is 4.43. The first-order valence-electron chi connectivity index (χ1n) is 7.50. The number of nitrogens with one attached hydrogen (secondary N) is 1. The van der Waals surface area contributed by atoms with Gasteiger partial charge < -0.3 is 10.1 Å². The Hall–Kier alpha value is -1.32. The molecule has 2 nitrogen and oxygen atoms in total. The van der Waals surface area contributed by atoms with Crippen molar-refractivity contribution in [1.29, 1.82) is 0 Å². The standard InChI is InChI=1S/C18H20BrNO/c1-2-17(13-6-4-3-5-7-13)20-12-15-11-16(19)10-14-8-9-21-18(14)15/h3-7,10-11,17,20H,2,8-9,12H2,1H3.